The quantitative estimate of drug-likeness (QED) is 0.0372. The maximum absolute atomic E-state index is 13.4. The molecule has 0 saturated heterocycles. The zero-order chi connectivity index (χ0) is 41.5. The largest absolute Gasteiger partial charge is 0.508 e. The van der Waals surface area contributed by atoms with Gasteiger partial charge in [0.25, 0.3) is 0 Å². The minimum Gasteiger partial charge on any atom is -0.481 e. The molecule has 0 aliphatic heterocycles. The molecule has 0 spiro atoms. The van der Waals surface area contributed by atoms with E-state index in [-0.39, 0.29) is 37.4 Å². The Balaban J connectivity index is 5.30. The number of rotatable bonds is 40. The number of carbonyl (C=O) groups excluding carboxylic acids is 2. The number of carbonyl (C=O) groups is 3. The number of hydrogen-bond acceptors (Lipinski definition) is 7. The van der Waals surface area contributed by atoms with Crippen molar-refractivity contribution in [3.8, 4) is 0 Å². The van der Waals surface area contributed by atoms with Gasteiger partial charge in [0.1, 0.15) is 6.10 Å². The Morgan fingerprint density at radius 1 is 0.607 bits per heavy atom. The summed E-state index contributed by atoms with van der Waals surface area (Å²) in [6, 6.07) is 0. The van der Waals surface area contributed by atoms with Crippen molar-refractivity contribution in [3.63, 3.8) is 0 Å². The fourth-order valence-corrected chi connectivity index (χ4v) is 7.26. The van der Waals surface area contributed by atoms with Crippen LogP contribution in [0.1, 0.15) is 208 Å². The number of aliphatic carboxylic acids is 1. The number of carboxylic acid groups (broad SMARTS) is 1. The second-order valence-corrected chi connectivity index (χ2v) is 16.2. The van der Waals surface area contributed by atoms with Gasteiger partial charge in [-0.25, -0.2) is 4.79 Å². The summed E-state index contributed by atoms with van der Waals surface area (Å²) in [5.41, 5.74) is 0. The van der Waals surface area contributed by atoms with Crippen molar-refractivity contribution in [1.29, 1.82) is 0 Å². The average molecular weight is 792 g/mol. The van der Waals surface area contributed by atoms with Crippen LogP contribution in [0.15, 0.2) is 24.3 Å². The highest BCUT2D eigenvalue weighted by Crippen LogP contribution is 2.26. The molecule has 0 saturated carbocycles. The summed E-state index contributed by atoms with van der Waals surface area (Å²) < 4.78 is 17.1. The molecule has 8 nitrogen and oxygen atoms in total. The molecule has 0 fully saturated rings. The molecule has 0 heterocycles. The molecule has 0 aliphatic carbocycles. The van der Waals surface area contributed by atoms with Gasteiger partial charge in [0.05, 0.1) is 25.0 Å². The predicted octanol–water partition coefficient (Wildman–Crippen LogP) is 13.7. The molecular formula is C48H89NO7. The van der Waals surface area contributed by atoms with E-state index in [9.17, 15) is 19.5 Å². The molecule has 4 unspecified atom stereocenters. The van der Waals surface area contributed by atoms with Gasteiger partial charge in [-0.2, -0.15) is 0 Å². The first-order valence-electron chi connectivity index (χ1n) is 23.5. The number of nitrogens with zero attached hydrogens (tertiary/aromatic N) is 1. The van der Waals surface area contributed by atoms with Crippen LogP contribution in [-0.4, -0.2) is 67.1 Å². The van der Waals surface area contributed by atoms with Crippen molar-refractivity contribution in [2.24, 2.45) is 17.8 Å². The predicted molar refractivity (Wildman–Crippen MR) is 234 cm³/mol. The van der Waals surface area contributed by atoms with Crippen molar-refractivity contribution in [3.05, 3.63) is 24.3 Å². The van der Waals surface area contributed by atoms with E-state index in [1.165, 1.54) is 70.6 Å². The van der Waals surface area contributed by atoms with E-state index in [4.69, 9.17) is 14.2 Å². The van der Waals surface area contributed by atoms with Crippen molar-refractivity contribution in [2.75, 3.05) is 32.8 Å². The van der Waals surface area contributed by atoms with E-state index >= 15 is 0 Å². The Hall–Kier alpha value is -2.35. The summed E-state index contributed by atoms with van der Waals surface area (Å²) in [4.78, 5) is 41.2. The van der Waals surface area contributed by atoms with Crippen LogP contribution in [0, 0.1) is 17.8 Å². The van der Waals surface area contributed by atoms with Crippen LogP contribution in [0.4, 0.5) is 4.79 Å². The Bertz CT molecular complexity index is 979. The van der Waals surface area contributed by atoms with Gasteiger partial charge < -0.3 is 24.2 Å². The smallest absolute Gasteiger partial charge is 0.481 e. The molecule has 0 aliphatic rings. The topological polar surface area (TPSA) is 102 Å². The molecule has 8 heteroatoms. The van der Waals surface area contributed by atoms with Gasteiger partial charge in [-0.3, -0.25) is 9.59 Å². The lowest BCUT2D eigenvalue weighted by Crippen LogP contribution is -2.35. The highest BCUT2D eigenvalue weighted by molar-refractivity contribution is 5.72. The molecule has 56 heavy (non-hydrogen) atoms. The van der Waals surface area contributed by atoms with Crippen molar-refractivity contribution < 1.29 is 33.7 Å². The highest BCUT2D eigenvalue weighted by Gasteiger charge is 2.33. The highest BCUT2D eigenvalue weighted by atomic mass is 16.7. The average Bonchev–Trinajstić information content (AvgIpc) is 3.19. The summed E-state index contributed by atoms with van der Waals surface area (Å²) in [5, 5.41) is 10.4. The lowest BCUT2D eigenvalue weighted by molar-refractivity contribution is -0.151. The van der Waals surface area contributed by atoms with Crippen molar-refractivity contribution in [2.45, 2.75) is 215 Å². The minimum atomic E-state index is -1.00. The third-order valence-electron chi connectivity index (χ3n) is 11.0. The Morgan fingerprint density at radius 3 is 1.66 bits per heavy atom. The first-order valence-corrected chi connectivity index (χ1v) is 23.5. The number of ether oxygens (including phenoxy) is 3. The molecule has 0 rings (SSSR count). The molecule has 1 N–H and O–H groups in total. The van der Waals surface area contributed by atoms with Crippen LogP contribution in [-0.2, 0) is 23.8 Å². The number of esters is 1. The molecule has 0 bridgehead atoms. The van der Waals surface area contributed by atoms with E-state index in [0.29, 0.717) is 12.8 Å². The zero-order valence-corrected chi connectivity index (χ0v) is 37.4. The molecule has 0 radical (unpaired) electrons. The van der Waals surface area contributed by atoms with Gasteiger partial charge in [0, 0.05) is 6.54 Å². The molecule has 0 aromatic rings. The van der Waals surface area contributed by atoms with Crippen LogP contribution in [0.2, 0.25) is 0 Å². The summed E-state index contributed by atoms with van der Waals surface area (Å²) in [5.74, 6) is -2.38. The van der Waals surface area contributed by atoms with Crippen molar-refractivity contribution in [1.82, 2.24) is 4.90 Å². The third kappa shape index (κ3) is 31.7. The van der Waals surface area contributed by atoms with E-state index in [2.05, 4.69) is 63.8 Å². The van der Waals surface area contributed by atoms with Crippen LogP contribution in [0.3, 0.4) is 0 Å². The summed E-state index contributed by atoms with van der Waals surface area (Å²) >= 11 is 0. The van der Waals surface area contributed by atoms with E-state index in [0.717, 1.165) is 96.7 Å². The summed E-state index contributed by atoms with van der Waals surface area (Å²) in [6.07, 6.45) is 34.1. The third-order valence-corrected chi connectivity index (χ3v) is 11.0. The fraction of sp³-hybridized carbons (Fsp3) is 0.854. The van der Waals surface area contributed by atoms with Gasteiger partial charge in [-0.1, -0.05) is 162 Å². The molecule has 0 amide bonds. The number of hydrogen-bond donors (Lipinski definition) is 1. The normalized spacial score (nSPS) is 14.0. The second-order valence-electron chi connectivity index (χ2n) is 16.2. The molecule has 0 aromatic heterocycles. The number of carboxylic acids is 1. The number of allylic oxidation sites excluding steroid dienone is 4. The first kappa shape index (κ1) is 53.6. The summed E-state index contributed by atoms with van der Waals surface area (Å²) in [7, 11) is 0. The van der Waals surface area contributed by atoms with Gasteiger partial charge in [-0.05, 0) is 89.6 Å². The minimum absolute atomic E-state index is 0.107. The van der Waals surface area contributed by atoms with Crippen LogP contribution in [0.25, 0.3) is 0 Å². The maximum Gasteiger partial charge on any atom is 0.508 e. The van der Waals surface area contributed by atoms with Gasteiger partial charge in [-0.15, -0.1) is 0 Å². The van der Waals surface area contributed by atoms with E-state index < -0.39 is 24.1 Å². The Kier molecular flexibility index (Phi) is 37.8. The van der Waals surface area contributed by atoms with Crippen molar-refractivity contribution >= 4 is 18.1 Å². The SMILES string of the molecule is CCCCC/C=C\C/C=C\CCCCCC(OC(=O)OCCCN(CC)CC)C(CC(C)COC(=O)C(CCCCCCC)CCCCCCCCC)C(=O)O. The Morgan fingerprint density at radius 2 is 1.11 bits per heavy atom. The fourth-order valence-electron chi connectivity index (χ4n) is 7.26. The maximum atomic E-state index is 13.4. The molecule has 4 atom stereocenters. The molecular weight excluding hydrogens is 703 g/mol. The molecule has 328 valence electrons. The van der Waals surface area contributed by atoms with E-state index in [1.54, 1.807) is 0 Å². The standard InChI is InChI=1S/C48H89NO7/c1-7-12-15-18-20-21-22-23-24-25-27-30-33-37-45(56-48(53)54-39-34-38-49(10-4)11-5)44(46(50)51)40-42(6)41-55-47(52)43(35-31-28-17-14-9-3)36-32-29-26-19-16-13-8-2/h20-21,23-24,42-45H,7-19,22,25-41H2,1-6H3,(H,50,51)/b21-20-,24-23-. The van der Waals surface area contributed by atoms with Crippen LogP contribution in [0.5, 0.6) is 0 Å². The van der Waals surface area contributed by atoms with E-state index in [1.807, 2.05) is 6.92 Å². The van der Waals surface area contributed by atoms with Crippen LogP contribution >= 0.6 is 0 Å². The van der Waals surface area contributed by atoms with Gasteiger partial charge in [0.15, 0.2) is 0 Å². The monoisotopic (exact) mass is 792 g/mol. The van der Waals surface area contributed by atoms with Gasteiger partial charge in [0.2, 0.25) is 0 Å². The number of unbranched alkanes of at least 4 members (excludes halogenated alkanes) is 16. The first-order chi connectivity index (χ1) is 27.2. The molecule has 0 aromatic carbocycles. The zero-order valence-electron chi connectivity index (χ0n) is 37.4. The Labute approximate surface area is 345 Å². The lowest BCUT2D eigenvalue weighted by atomic mass is 9.88. The second kappa shape index (κ2) is 39.5. The van der Waals surface area contributed by atoms with Crippen LogP contribution < -0.4 is 0 Å². The summed E-state index contributed by atoms with van der Waals surface area (Å²) in [6.45, 7) is 15.9. The van der Waals surface area contributed by atoms with Gasteiger partial charge >= 0.3 is 18.1 Å². The lowest BCUT2D eigenvalue weighted by Gasteiger charge is -2.26.